The molecular formula is C14H26N2O. The van der Waals surface area contributed by atoms with E-state index in [9.17, 15) is 0 Å². The van der Waals surface area contributed by atoms with Gasteiger partial charge in [0, 0.05) is 31.7 Å². The first kappa shape index (κ1) is 13.1. The molecule has 0 amide bonds. The van der Waals surface area contributed by atoms with Crippen LogP contribution in [0.2, 0.25) is 0 Å². The molecule has 2 rings (SSSR count). The highest BCUT2D eigenvalue weighted by Crippen LogP contribution is 2.19. The second-order valence-electron chi connectivity index (χ2n) is 5.54. The van der Waals surface area contributed by atoms with Gasteiger partial charge >= 0.3 is 0 Å². The summed E-state index contributed by atoms with van der Waals surface area (Å²) in [6.07, 6.45) is 4.22. The van der Waals surface area contributed by atoms with E-state index >= 15 is 0 Å². The van der Waals surface area contributed by atoms with Crippen molar-refractivity contribution in [3.8, 4) is 0 Å². The Bertz CT molecular complexity index is 263. The van der Waals surface area contributed by atoms with Crippen LogP contribution in [0.25, 0.3) is 0 Å². The number of ether oxygens (including phenoxy) is 1. The van der Waals surface area contributed by atoms with Crippen LogP contribution in [0.15, 0.2) is 12.2 Å². The summed E-state index contributed by atoms with van der Waals surface area (Å²) in [4.78, 5) is 2.53. The van der Waals surface area contributed by atoms with Crippen molar-refractivity contribution in [3.63, 3.8) is 0 Å². The van der Waals surface area contributed by atoms with Gasteiger partial charge in [-0.15, -0.1) is 0 Å². The van der Waals surface area contributed by atoms with Crippen molar-refractivity contribution in [2.24, 2.45) is 0 Å². The molecule has 98 valence electrons. The maximum atomic E-state index is 5.71. The Morgan fingerprint density at radius 1 is 1.47 bits per heavy atom. The molecule has 3 nitrogen and oxygen atoms in total. The van der Waals surface area contributed by atoms with Crippen LogP contribution >= 0.6 is 0 Å². The molecule has 0 spiro atoms. The molecule has 1 aliphatic heterocycles. The van der Waals surface area contributed by atoms with E-state index in [1.807, 2.05) is 0 Å². The van der Waals surface area contributed by atoms with E-state index < -0.39 is 0 Å². The monoisotopic (exact) mass is 238 g/mol. The SMILES string of the molecule is C=C(CNC1CC1)CN1CC(C)OCC1CC. The molecule has 1 N–H and O–H groups in total. The third kappa shape index (κ3) is 4.09. The van der Waals surface area contributed by atoms with E-state index in [4.69, 9.17) is 4.74 Å². The quantitative estimate of drug-likeness (QED) is 0.714. The number of hydrogen-bond donors (Lipinski definition) is 1. The Balaban J connectivity index is 1.75. The first-order valence-electron chi connectivity index (χ1n) is 6.94. The average Bonchev–Trinajstić information content (AvgIpc) is 3.10. The zero-order chi connectivity index (χ0) is 12.3. The predicted octanol–water partition coefficient (Wildman–Crippen LogP) is 1.79. The second-order valence-corrected chi connectivity index (χ2v) is 5.54. The molecule has 2 aliphatic rings. The third-order valence-corrected chi connectivity index (χ3v) is 3.70. The molecule has 2 fully saturated rings. The highest BCUT2D eigenvalue weighted by Gasteiger charge is 2.26. The van der Waals surface area contributed by atoms with Crippen LogP contribution in [0.3, 0.4) is 0 Å². The molecule has 0 bridgehead atoms. The highest BCUT2D eigenvalue weighted by molar-refractivity contribution is 5.03. The normalized spacial score (nSPS) is 30.5. The van der Waals surface area contributed by atoms with Gasteiger partial charge in [0.2, 0.25) is 0 Å². The molecule has 2 atom stereocenters. The number of morpholine rings is 1. The Hall–Kier alpha value is -0.380. The van der Waals surface area contributed by atoms with Crippen LogP contribution in [0, 0.1) is 0 Å². The van der Waals surface area contributed by atoms with Gasteiger partial charge < -0.3 is 10.1 Å². The van der Waals surface area contributed by atoms with E-state index in [2.05, 4.69) is 30.6 Å². The van der Waals surface area contributed by atoms with Crippen molar-refractivity contribution in [1.29, 1.82) is 0 Å². The fraction of sp³-hybridized carbons (Fsp3) is 0.857. The summed E-state index contributed by atoms with van der Waals surface area (Å²) in [6.45, 7) is 12.5. The van der Waals surface area contributed by atoms with Gasteiger partial charge in [-0.25, -0.2) is 0 Å². The van der Waals surface area contributed by atoms with Crippen molar-refractivity contribution < 1.29 is 4.74 Å². The first-order chi connectivity index (χ1) is 8.19. The Labute approximate surface area is 105 Å². The number of hydrogen-bond acceptors (Lipinski definition) is 3. The summed E-state index contributed by atoms with van der Waals surface area (Å²) in [5.41, 5.74) is 1.31. The minimum Gasteiger partial charge on any atom is -0.376 e. The molecular weight excluding hydrogens is 212 g/mol. The maximum Gasteiger partial charge on any atom is 0.0674 e. The van der Waals surface area contributed by atoms with Crippen LogP contribution in [-0.2, 0) is 4.74 Å². The fourth-order valence-corrected chi connectivity index (χ4v) is 2.40. The molecule has 17 heavy (non-hydrogen) atoms. The molecule has 0 radical (unpaired) electrons. The average molecular weight is 238 g/mol. The van der Waals surface area contributed by atoms with Gasteiger partial charge in [-0.1, -0.05) is 13.5 Å². The lowest BCUT2D eigenvalue weighted by atomic mass is 10.1. The van der Waals surface area contributed by atoms with Crippen molar-refractivity contribution in [2.75, 3.05) is 26.2 Å². The lowest BCUT2D eigenvalue weighted by molar-refractivity contribution is -0.0522. The topological polar surface area (TPSA) is 24.5 Å². The number of nitrogens with zero attached hydrogens (tertiary/aromatic N) is 1. The van der Waals surface area contributed by atoms with Gasteiger partial charge in [-0.3, -0.25) is 4.90 Å². The molecule has 1 saturated carbocycles. The molecule has 2 unspecified atom stereocenters. The zero-order valence-corrected chi connectivity index (χ0v) is 11.2. The lowest BCUT2D eigenvalue weighted by Gasteiger charge is -2.38. The molecule has 0 aromatic carbocycles. The molecule has 1 heterocycles. The summed E-state index contributed by atoms with van der Waals surface area (Å²) in [7, 11) is 0. The zero-order valence-electron chi connectivity index (χ0n) is 11.2. The van der Waals surface area contributed by atoms with Crippen LogP contribution in [0.1, 0.15) is 33.1 Å². The minimum atomic E-state index is 0.363. The lowest BCUT2D eigenvalue weighted by Crippen LogP contribution is -2.49. The van der Waals surface area contributed by atoms with Gasteiger partial charge in [0.25, 0.3) is 0 Å². The van der Waals surface area contributed by atoms with Crippen molar-refractivity contribution >= 4 is 0 Å². The molecule has 1 saturated heterocycles. The minimum absolute atomic E-state index is 0.363. The summed E-state index contributed by atoms with van der Waals surface area (Å²) < 4.78 is 5.71. The summed E-state index contributed by atoms with van der Waals surface area (Å²) in [5, 5.41) is 3.53. The van der Waals surface area contributed by atoms with Crippen molar-refractivity contribution in [3.05, 3.63) is 12.2 Å². The van der Waals surface area contributed by atoms with E-state index in [1.54, 1.807) is 0 Å². The largest absolute Gasteiger partial charge is 0.376 e. The van der Waals surface area contributed by atoms with Gasteiger partial charge in [0.05, 0.1) is 12.7 Å². The van der Waals surface area contributed by atoms with Gasteiger partial charge in [0.15, 0.2) is 0 Å². The maximum absolute atomic E-state index is 5.71. The van der Waals surface area contributed by atoms with Crippen LogP contribution in [0.4, 0.5) is 0 Å². The van der Waals surface area contributed by atoms with Crippen LogP contribution < -0.4 is 5.32 Å². The first-order valence-corrected chi connectivity index (χ1v) is 6.94. The summed E-state index contributed by atoms with van der Waals surface area (Å²) >= 11 is 0. The second kappa shape index (κ2) is 5.98. The molecule has 0 aromatic heterocycles. The van der Waals surface area contributed by atoms with Crippen LogP contribution in [0.5, 0.6) is 0 Å². The Morgan fingerprint density at radius 2 is 2.24 bits per heavy atom. The van der Waals surface area contributed by atoms with Crippen LogP contribution in [-0.4, -0.2) is 49.3 Å². The Kier molecular flexibility index (Phi) is 4.60. The van der Waals surface area contributed by atoms with E-state index in [0.717, 1.165) is 38.7 Å². The van der Waals surface area contributed by atoms with E-state index in [-0.39, 0.29) is 0 Å². The third-order valence-electron chi connectivity index (χ3n) is 3.70. The Morgan fingerprint density at radius 3 is 2.88 bits per heavy atom. The standard InChI is InChI=1S/C14H26N2O/c1-4-14-10-17-12(3)9-16(14)8-11(2)7-15-13-5-6-13/h12-15H,2,4-10H2,1,3H3. The van der Waals surface area contributed by atoms with Crippen molar-refractivity contribution in [2.45, 2.75) is 51.3 Å². The van der Waals surface area contributed by atoms with E-state index in [0.29, 0.717) is 12.1 Å². The number of nitrogens with one attached hydrogen (secondary N) is 1. The molecule has 3 heteroatoms. The fourth-order valence-electron chi connectivity index (χ4n) is 2.40. The van der Waals surface area contributed by atoms with Crippen molar-refractivity contribution in [1.82, 2.24) is 10.2 Å². The summed E-state index contributed by atoms with van der Waals surface area (Å²) in [5.74, 6) is 0. The van der Waals surface area contributed by atoms with Gasteiger partial charge in [0.1, 0.15) is 0 Å². The van der Waals surface area contributed by atoms with Gasteiger partial charge in [-0.2, -0.15) is 0 Å². The molecule has 1 aliphatic carbocycles. The highest BCUT2D eigenvalue weighted by atomic mass is 16.5. The number of rotatable bonds is 6. The smallest absolute Gasteiger partial charge is 0.0674 e. The van der Waals surface area contributed by atoms with E-state index in [1.165, 1.54) is 18.4 Å². The summed E-state index contributed by atoms with van der Waals surface area (Å²) in [6, 6.07) is 1.35. The molecule has 0 aromatic rings. The van der Waals surface area contributed by atoms with Gasteiger partial charge in [-0.05, 0) is 31.8 Å². The predicted molar refractivity (Wildman–Crippen MR) is 71.2 cm³/mol.